The Bertz CT molecular complexity index is 1360. The van der Waals surface area contributed by atoms with E-state index < -0.39 is 15.6 Å². The van der Waals surface area contributed by atoms with E-state index in [4.69, 9.17) is 4.42 Å². The molecular formula is C24H25N3O5S. The van der Waals surface area contributed by atoms with Crippen molar-refractivity contribution in [3.05, 3.63) is 59.0 Å². The molecule has 1 saturated heterocycles. The summed E-state index contributed by atoms with van der Waals surface area (Å²) in [5.41, 5.74) is 0.615. The van der Waals surface area contributed by atoms with Crippen LogP contribution in [0.3, 0.4) is 0 Å². The van der Waals surface area contributed by atoms with Crippen LogP contribution in [0.15, 0.2) is 62.6 Å². The molecule has 2 aromatic carbocycles. The standard InChI is InChI=1S/C24H25N3O5S/c28-21-10-5-15-27(21)17-11-13-18(14-12-17)33(30,31)26-23-22(25-16-6-1-2-7-16)19-8-3-4-9-20(19)32-24(23)29/h3-4,8-9,11-14,16,25-26H,1-2,5-7,10,15H2. The van der Waals surface area contributed by atoms with Crippen LogP contribution in [-0.2, 0) is 14.8 Å². The van der Waals surface area contributed by atoms with Gasteiger partial charge in [0.15, 0.2) is 5.69 Å². The summed E-state index contributed by atoms with van der Waals surface area (Å²) >= 11 is 0. The molecule has 0 unspecified atom stereocenters. The molecule has 1 saturated carbocycles. The van der Waals surface area contributed by atoms with Gasteiger partial charge in [0, 0.05) is 30.1 Å². The molecule has 0 radical (unpaired) electrons. The monoisotopic (exact) mass is 467 g/mol. The molecule has 9 heteroatoms. The van der Waals surface area contributed by atoms with E-state index in [1.807, 2.05) is 6.07 Å². The van der Waals surface area contributed by atoms with E-state index in [9.17, 15) is 18.0 Å². The van der Waals surface area contributed by atoms with Gasteiger partial charge in [0.05, 0.1) is 10.6 Å². The highest BCUT2D eigenvalue weighted by Crippen LogP contribution is 2.33. The highest BCUT2D eigenvalue weighted by atomic mass is 32.2. The van der Waals surface area contributed by atoms with Crippen molar-refractivity contribution < 1.29 is 17.6 Å². The Kier molecular flexibility index (Phi) is 5.57. The van der Waals surface area contributed by atoms with E-state index >= 15 is 0 Å². The number of carbonyl (C=O) groups is 1. The second-order valence-corrected chi connectivity index (χ2v) is 10.2. The lowest BCUT2D eigenvalue weighted by molar-refractivity contribution is -0.117. The van der Waals surface area contributed by atoms with E-state index in [-0.39, 0.29) is 22.5 Å². The number of nitrogens with one attached hydrogen (secondary N) is 2. The Hall–Kier alpha value is -3.33. The maximum Gasteiger partial charge on any atom is 0.363 e. The van der Waals surface area contributed by atoms with Gasteiger partial charge in [-0.15, -0.1) is 0 Å². The summed E-state index contributed by atoms with van der Waals surface area (Å²) in [5, 5.41) is 4.03. The first kappa shape index (κ1) is 21.5. The third kappa shape index (κ3) is 4.20. The Morgan fingerprint density at radius 2 is 1.64 bits per heavy atom. The number of carbonyl (C=O) groups excluding carboxylic acids is 1. The first-order valence-corrected chi connectivity index (χ1v) is 12.7. The summed E-state index contributed by atoms with van der Waals surface area (Å²) in [6, 6.07) is 13.3. The molecule has 0 atom stereocenters. The third-order valence-corrected chi connectivity index (χ3v) is 7.65. The van der Waals surface area contributed by atoms with Crippen LogP contribution in [0.5, 0.6) is 0 Å². The molecule has 0 bridgehead atoms. The van der Waals surface area contributed by atoms with Crippen molar-refractivity contribution in [1.29, 1.82) is 0 Å². The van der Waals surface area contributed by atoms with Gasteiger partial charge in [0.25, 0.3) is 10.0 Å². The zero-order chi connectivity index (χ0) is 23.0. The topological polar surface area (TPSA) is 109 Å². The van der Waals surface area contributed by atoms with Crippen LogP contribution in [0.25, 0.3) is 11.0 Å². The number of nitrogens with zero attached hydrogens (tertiary/aromatic N) is 1. The summed E-state index contributed by atoms with van der Waals surface area (Å²) in [5.74, 6) is 0.0279. The molecule has 8 nitrogen and oxygen atoms in total. The van der Waals surface area contributed by atoms with Crippen molar-refractivity contribution in [2.24, 2.45) is 0 Å². The Balaban J connectivity index is 1.50. The van der Waals surface area contributed by atoms with Gasteiger partial charge in [-0.3, -0.25) is 9.52 Å². The molecule has 1 aliphatic carbocycles. The van der Waals surface area contributed by atoms with Gasteiger partial charge in [-0.05, 0) is 55.7 Å². The quantitative estimate of drug-likeness (QED) is 0.529. The molecule has 1 aromatic heterocycles. The Morgan fingerprint density at radius 3 is 2.33 bits per heavy atom. The van der Waals surface area contributed by atoms with E-state index in [1.54, 1.807) is 35.2 Å². The number of fused-ring (bicyclic) bond motifs is 1. The van der Waals surface area contributed by atoms with Crippen molar-refractivity contribution >= 4 is 44.0 Å². The summed E-state index contributed by atoms with van der Waals surface area (Å²) in [7, 11) is -4.07. The van der Waals surface area contributed by atoms with Gasteiger partial charge in [-0.2, -0.15) is 0 Å². The molecule has 2 aliphatic rings. The van der Waals surface area contributed by atoms with Crippen molar-refractivity contribution in [2.45, 2.75) is 49.5 Å². The van der Waals surface area contributed by atoms with Crippen molar-refractivity contribution in [2.75, 3.05) is 21.5 Å². The number of para-hydroxylation sites is 1. The molecule has 1 aliphatic heterocycles. The fraction of sp³-hybridized carbons (Fsp3) is 0.333. The third-order valence-electron chi connectivity index (χ3n) is 6.29. The van der Waals surface area contributed by atoms with Crippen LogP contribution in [0.1, 0.15) is 38.5 Å². The van der Waals surface area contributed by atoms with Crippen LogP contribution in [0.4, 0.5) is 17.1 Å². The van der Waals surface area contributed by atoms with Gasteiger partial charge in [-0.1, -0.05) is 25.0 Å². The highest BCUT2D eigenvalue weighted by molar-refractivity contribution is 7.92. The minimum absolute atomic E-state index is 0.00253. The van der Waals surface area contributed by atoms with Crippen LogP contribution < -0.4 is 20.6 Å². The van der Waals surface area contributed by atoms with Crippen molar-refractivity contribution in [1.82, 2.24) is 0 Å². The normalized spacial score (nSPS) is 17.1. The molecule has 1 amide bonds. The molecule has 172 valence electrons. The molecule has 2 fully saturated rings. The maximum atomic E-state index is 13.2. The average Bonchev–Trinajstić information content (AvgIpc) is 3.48. The van der Waals surface area contributed by atoms with Gasteiger partial charge in [0.1, 0.15) is 5.58 Å². The summed E-state index contributed by atoms with van der Waals surface area (Å²) in [4.78, 5) is 26.4. The smallest absolute Gasteiger partial charge is 0.363 e. The number of anilines is 3. The minimum Gasteiger partial charge on any atom is -0.421 e. The first-order chi connectivity index (χ1) is 15.9. The summed E-state index contributed by atoms with van der Waals surface area (Å²) in [6.07, 6.45) is 5.37. The Labute approximate surface area is 191 Å². The molecule has 0 spiro atoms. The number of sulfonamides is 1. The lowest BCUT2D eigenvalue weighted by atomic mass is 10.1. The van der Waals surface area contributed by atoms with Crippen molar-refractivity contribution in [3.8, 4) is 0 Å². The molecule has 3 aromatic rings. The van der Waals surface area contributed by atoms with Crippen LogP contribution in [0, 0.1) is 0 Å². The predicted molar refractivity (Wildman–Crippen MR) is 127 cm³/mol. The van der Waals surface area contributed by atoms with E-state index in [1.165, 1.54) is 12.1 Å². The van der Waals surface area contributed by atoms with E-state index in [0.29, 0.717) is 35.3 Å². The number of rotatable bonds is 6. The van der Waals surface area contributed by atoms with E-state index in [2.05, 4.69) is 10.0 Å². The molecule has 2 heterocycles. The van der Waals surface area contributed by atoms with Gasteiger partial charge < -0.3 is 14.6 Å². The van der Waals surface area contributed by atoms with Crippen molar-refractivity contribution in [3.63, 3.8) is 0 Å². The lowest BCUT2D eigenvalue weighted by Crippen LogP contribution is -2.24. The molecular weight excluding hydrogens is 442 g/mol. The second-order valence-electron chi connectivity index (χ2n) is 8.51. The summed E-state index contributed by atoms with van der Waals surface area (Å²) < 4.78 is 34.2. The Morgan fingerprint density at radius 1 is 0.909 bits per heavy atom. The van der Waals surface area contributed by atoms with Gasteiger partial charge in [0.2, 0.25) is 5.91 Å². The molecule has 5 rings (SSSR count). The number of amides is 1. The number of hydrogen-bond donors (Lipinski definition) is 2. The average molecular weight is 468 g/mol. The van der Waals surface area contributed by atoms with E-state index in [0.717, 1.165) is 32.1 Å². The van der Waals surface area contributed by atoms with Crippen LogP contribution in [-0.4, -0.2) is 26.9 Å². The van der Waals surface area contributed by atoms with Crippen LogP contribution in [0.2, 0.25) is 0 Å². The number of hydrogen-bond acceptors (Lipinski definition) is 6. The minimum atomic E-state index is -4.07. The fourth-order valence-corrected chi connectivity index (χ4v) is 5.65. The largest absolute Gasteiger partial charge is 0.421 e. The lowest BCUT2D eigenvalue weighted by Gasteiger charge is -2.19. The zero-order valence-electron chi connectivity index (χ0n) is 18.0. The van der Waals surface area contributed by atoms with Gasteiger partial charge in [-0.25, -0.2) is 13.2 Å². The molecule has 2 N–H and O–H groups in total. The molecule has 33 heavy (non-hydrogen) atoms. The summed E-state index contributed by atoms with van der Waals surface area (Å²) in [6.45, 7) is 0.623. The SMILES string of the molecule is O=C1CCCN1c1ccc(S(=O)(=O)Nc2c(NC3CCCC3)c3ccccc3oc2=O)cc1. The number of benzene rings is 2. The predicted octanol–water partition coefficient (Wildman–Crippen LogP) is 4.08. The zero-order valence-corrected chi connectivity index (χ0v) is 18.9. The van der Waals surface area contributed by atoms with Gasteiger partial charge >= 0.3 is 5.63 Å². The second kappa shape index (κ2) is 8.55. The van der Waals surface area contributed by atoms with Crippen LogP contribution >= 0.6 is 0 Å². The highest BCUT2D eigenvalue weighted by Gasteiger charge is 2.26. The first-order valence-electron chi connectivity index (χ1n) is 11.2. The maximum absolute atomic E-state index is 13.2. The fourth-order valence-electron chi connectivity index (χ4n) is 4.59.